The zero-order valence-electron chi connectivity index (χ0n) is 11.5. The predicted molar refractivity (Wildman–Crippen MR) is 68.6 cm³/mol. The van der Waals surface area contributed by atoms with Gasteiger partial charge in [0.2, 0.25) is 0 Å². The van der Waals surface area contributed by atoms with E-state index in [1.54, 1.807) is 7.05 Å². The number of nitrogens with one attached hydrogen (secondary N) is 1. The first-order valence-corrected chi connectivity index (χ1v) is 6.78. The Labute approximate surface area is 108 Å². The Balaban J connectivity index is 2.06. The van der Waals surface area contributed by atoms with Crippen LogP contribution in [0.25, 0.3) is 0 Å². The molecule has 104 valence electrons. The zero-order valence-corrected chi connectivity index (χ0v) is 11.5. The van der Waals surface area contributed by atoms with Gasteiger partial charge in [-0.25, -0.2) is 0 Å². The molecule has 0 radical (unpaired) electrons. The summed E-state index contributed by atoms with van der Waals surface area (Å²) in [6.45, 7) is 6.28. The maximum atomic E-state index is 11.7. The van der Waals surface area contributed by atoms with Gasteiger partial charge < -0.3 is 15.2 Å². The molecule has 5 nitrogen and oxygen atoms in total. The van der Waals surface area contributed by atoms with Crippen molar-refractivity contribution in [1.82, 2.24) is 10.2 Å². The van der Waals surface area contributed by atoms with Crippen molar-refractivity contribution in [3.05, 3.63) is 0 Å². The number of hydrogen-bond donors (Lipinski definition) is 2. The van der Waals surface area contributed by atoms with E-state index in [4.69, 9.17) is 4.74 Å². The molecule has 5 heteroatoms. The summed E-state index contributed by atoms with van der Waals surface area (Å²) in [5.74, 6) is -0.451. The Kier molecular flexibility index (Phi) is 3.94. The lowest BCUT2D eigenvalue weighted by atomic mass is 9.92. The smallest absolute Gasteiger partial charge is 0.325 e. The summed E-state index contributed by atoms with van der Waals surface area (Å²) in [7, 11) is 1.76. The quantitative estimate of drug-likeness (QED) is 0.752. The van der Waals surface area contributed by atoms with Crippen molar-refractivity contribution in [2.24, 2.45) is 5.92 Å². The number of nitrogens with zero attached hydrogens (tertiary/aromatic N) is 1. The molecule has 1 aliphatic heterocycles. The molecule has 2 N–H and O–H groups in total. The minimum absolute atomic E-state index is 0.177. The van der Waals surface area contributed by atoms with E-state index in [2.05, 4.69) is 10.2 Å². The second-order valence-electron chi connectivity index (χ2n) is 5.75. The number of carboxylic acids is 1. The highest BCUT2D eigenvalue weighted by Gasteiger charge is 2.51. The fourth-order valence-electron chi connectivity index (χ4n) is 3.10. The molecule has 1 aliphatic carbocycles. The normalized spacial score (nSPS) is 33.1. The highest BCUT2D eigenvalue weighted by atomic mass is 16.5. The lowest BCUT2D eigenvalue weighted by Crippen LogP contribution is -2.62. The lowest BCUT2D eigenvalue weighted by molar-refractivity contribution is -0.148. The number of carboxylic acid groups (broad SMARTS) is 1. The SMILES string of the molecule is CNC(CN1CC(C)OC(C)C1)(C(=O)O)C1CC1. The molecule has 0 bridgehead atoms. The van der Waals surface area contributed by atoms with Crippen LogP contribution in [0.4, 0.5) is 0 Å². The third-order valence-electron chi connectivity index (χ3n) is 4.07. The van der Waals surface area contributed by atoms with Crippen LogP contribution >= 0.6 is 0 Å². The van der Waals surface area contributed by atoms with Gasteiger partial charge in [-0.2, -0.15) is 0 Å². The van der Waals surface area contributed by atoms with Crippen molar-refractivity contribution in [3.8, 4) is 0 Å². The number of likely N-dealkylation sites (N-methyl/N-ethyl adjacent to an activating group) is 1. The molecule has 2 rings (SSSR count). The monoisotopic (exact) mass is 256 g/mol. The van der Waals surface area contributed by atoms with E-state index in [1.165, 1.54) is 0 Å². The summed E-state index contributed by atoms with van der Waals surface area (Å²) < 4.78 is 5.69. The van der Waals surface area contributed by atoms with Gasteiger partial charge in [0, 0.05) is 19.6 Å². The third kappa shape index (κ3) is 2.68. The highest BCUT2D eigenvalue weighted by molar-refractivity contribution is 5.80. The van der Waals surface area contributed by atoms with E-state index in [1.807, 2.05) is 13.8 Å². The van der Waals surface area contributed by atoms with Gasteiger partial charge in [0.05, 0.1) is 12.2 Å². The molecule has 0 amide bonds. The maximum Gasteiger partial charge on any atom is 0.325 e. The van der Waals surface area contributed by atoms with Crippen molar-refractivity contribution < 1.29 is 14.6 Å². The second-order valence-corrected chi connectivity index (χ2v) is 5.75. The maximum absolute atomic E-state index is 11.7. The minimum atomic E-state index is -0.781. The largest absolute Gasteiger partial charge is 0.480 e. The topological polar surface area (TPSA) is 61.8 Å². The van der Waals surface area contributed by atoms with Gasteiger partial charge in [-0.15, -0.1) is 0 Å². The first-order valence-electron chi connectivity index (χ1n) is 6.78. The van der Waals surface area contributed by atoms with Crippen LogP contribution in [0.15, 0.2) is 0 Å². The van der Waals surface area contributed by atoms with Crippen molar-refractivity contribution in [1.29, 1.82) is 0 Å². The van der Waals surface area contributed by atoms with E-state index in [0.717, 1.165) is 25.9 Å². The molecule has 0 spiro atoms. The van der Waals surface area contributed by atoms with Gasteiger partial charge in [0.15, 0.2) is 0 Å². The summed E-state index contributed by atoms with van der Waals surface area (Å²) in [5.41, 5.74) is -0.781. The molecule has 1 saturated carbocycles. The Hall–Kier alpha value is -0.650. The number of ether oxygens (including phenoxy) is 1. The van der Waals surface area contributed by atoms with Crippen LogP contribution in [0.3, 0.4) is 0 Å². The number of rotatable bonds is 5. The van der Waals surface area contributed by atoms with Crippen molar-refractivity contribution >= 4 is 5.97 Å². The van der Waals surface area contributed by atoms with E-state index < -0.39 is 11.5 Å². The molecule has 18 heavy (non-hydrogen) atoms. The van der Waals surface area contributed by atoms with Crippen LogP contribution in [0, 0.1) is 5.92 Å². The predicted octanol–water partition coefficient (Wildman–Crippen LogP) is 0.548. The molecule has 3 unspecified atom stereocenters. The summed E-state index contributed by atoms with van der Waals surface area (Å²) in [6.07, 6.45) is 2.39. The first-order chi connectivity index (χ1) is 8.48. The van der Waals surface area contributed by atoms with Crippen molar-refractivity contribution in [2.75, 3.05) is 26.7 Å². The number of hydrogen-bond acceptors (Lipinski definition) is 4. The number of morpholine rings is 1. The molecule has 3 atom stereocenters. The van der Waals surface area contributed by atoms with Crippen LogP contribution < -0.4 is 5.32 Å². The molecule has 0 aromatic carbocycles. The first kappa shape index (κ1) is 13.8. The van der Waals surface area contributed by atoms with Crippen molar-refractivity contribution in [2.45, 2.75) is 44.4 Å². The van der Waals surface area contributed by atoms with Gasteiger partial charge in [-0.3, -0.25) is 9.69 Å². The van der Waals surface area contributed by atoms with Crippen LogP contribution in [0.5, 0.6) is 0 Å². The van der Waals surface area contributed by atoms with E-state index in [9.17, 15) is 9.90 Å². The fraction of sp³-hybridized carbons (Fsp3) is 0.923. The summed E-state index contributed by atoms with van der Waals surface area (Å²) in [4.78, 5) is 13.9. The standard InChI is InChI=1S/C13H24N2O3/c1-9-6-15(7-10(2)18-9)8-13(14-3,12(16)17)11-4-5-11/h9-11,14H,4-8H2,1-3H3,(H,16,17). The van der Waals surface area contributed by atoms with Gasteiger partial charge in [0.25, 0.3) is 0 Å². The summed E-state index contributed by atoms with van der Waals surface area (Å²) >= 11 is 0. The molecule has 2 fully saturated rings. The minimum Gasteiger partial charge on any atom is -0.480 e. The Morgan fingerprint density at radius 2 is 1.94 bits per heavy atom. The van der Waals surface area contributed by atoms with Crippen LogP contribution in [0.2, 0.25) is 0 Å². The molecule has 2 aliphatic rings. The van der Waals surface area contributed by atoms with E-state index in [-0.39, 0.29) is 18.1 Å². The van der Waals surface area contributed by atoms with Gasteiger partial charge >= 0.3 is 5.97 Å². The summed E-state index contributed by atoms with van der Waals surface area (Å²) in [6, 6.07) is 0. The Morgan fingerprint density at radius 1 is 1.39 bits per heavy atom. The Bertz CT molecular complexity index is 309. The number of aliphatic carboxylic acids is 1. The lowest BCUT2D eigenvalue weighted by Gasteiger charge is -2.40. The van der Waals surface area contributed by atoms with Gasteiger partial charge in [-0.05, 0) is 39.7 Å². The average Bonchev–Trinajstić information content (AvgIpc) is 3.08. The van der Waals surface area contributed by atoms with E-state index >= 15 is 0 Å². The molecule has 1 heterocycles. The summed E-state index contributed by atoms with van der Waals surface area (Å²) in [5, 5.41) is 12.6. The third-order valence-corrected chi connectivity index (χ3v) is 4.07. The van der Waals surface area contributed by atoms with Gasteiger partial charge in [0.1, 0.15) is 5.54 Å². The molecular weight excluding hydrogens is 232 g/mol. The average molecular weight is 256 g/mol. The zero-order chi connectivity index (χ0) is 13.3. The van der Waals surface area contributed by atoms with Crippen LogP contribution in [0.1, 0.15) is 26.7 Å². The fourth-order valence-corrected chi connectivity index (χ4v) is 3.10. The number of carbonyl (C=O) groups is 1. The second kappa shape index (κ2) is 5.15. The molecule has 0 aromatic heterocycles. The molecule has 1 saturated heterocycles. The molecule has 0 aromatic rings. The highest BCUT2D eigenvalue weighted by Crippen LogP contribution is 2.40. The van der Waals surface area contributed by atoms with Crippen LogP contribution in [-0.2, 0) is 9.53 Å². The Morgan fingerprint density at radius 3 is 2.33 bits per heavy atom. The van der Waals surface area contributed by atoms with Crippen LogP contribution in [-0.4, -0.2) is 60.4 Å². The van der Waals surface area contributed by atoms with Crippen molar-refractivity contribution in [3.63, 3.8) is 0 Å². The molecular formula is C13H24N2O3. The van der Waals surface area contributed by atoms with Gasteiger partial charge in [-0.1, -0.05) is 0 Å². The van der Waals surface area contributed by atoms with E-state index in [0.29, 0.717) is 6.54 Å².